The van der Waals surface area contributed by atoms with Crippen LogP contribution in [0, 0.1) is 6.92 Å². The Hall–Kier alpha value is -2.76. The van der Waals surface area contributed by atoms with Gasteiger partial charge in [-0.1, -0.05) is 4.98 Å². The van der Waals surface area contributed by atoms with Crippen LogP contribution in [0.4, 0.5) is 17.5 Å². The fourth-order valence-corrected chi connectivity index (χ4v) is 2.20. The highest BCUT2D eigenvalue weighted by atomic mass is 15.1. The van der Waals surface area contributed by atoms with Crippen molar-refractivity contribution in [3.8, 4) is 0 Å². The average Bonchev–Trinajstić information content (AvgIpc) is 2.45. The number of fused-ring (bicyclic) bond motifs is 1. The van der Waals surface area contributed by atoms with E-state index >= 15 is 0 Å². The summed E-state index contributed by atoms with van der Waals surface area (Å²) in [5.74, 6) is 1.21. The van der Waals surface area contributed by atoms with Gasteiger partial charge in [0.1, 0.15) is 12.6 Å². The molecule has 106 valence electrons. The molecule has 0 saturated heterocycles. The Bertz CT molecular complexity index is 805. The third-order valence-electron chi connectivity index (χ3n) is 3.59. The number of nitrogens with one attached hydrogen (secondary N) is 1. The fraction of sp³-hybridized carbons (Fsp3) is 0.200. The van der Waals surface area contributed by atoms with Crippen molar-refractivity contribution >= 4 is 28.5 Å². The van der Waals surface area contributed by atoms with Gasteiger partial charge in [0.2, 0.25) is 11.3 Å². The Labute approximate surface area is 122 Å². The van der Waals surface area contributed by atoms with Gasteiger partial charge in [0.25, 0.3) is 0 Å². The molecular weight excluding hydrogens is 264 g/mol. The van der Waals surface area contributed by atoms with Crippen LogP contribution in [-0.4, -0.2) is 9.97 Å². The molecule has 0 unspecified atom stereocenters. The van der Waals surface area contributed by atoms with Crippen LogP contribution in [0.15, 0.2) is 36.7 Å². The third kappa shape index (κ3) is 2.47. The van der Waals surface area contributed by atoms with E-state index in [1.165, 1.54) is 0 Å². The Morgan fingerprint density at radius 1 is 1.19 bits per heavy atom. The third-order valence-corrected chi connectivity index (χ3v) is 3.59. The standard InChI is InChI=1S/C15H16N6/c1-10-8-14(19-15(16)21(10)3)18-11-4-5-12-13(9-11)20(2)7-6-17-12/h4-9,16H,1-3H3/p+2. The Morgan fingerprint density at radius 2 is 2.00 bits per heavy atom. The summed E-state index contributed by atoms with van der Waals surface area (Å²) in [7, 11) is 3.89. The molecule has 3 aromatic rings. The quantitative estimate of drug-likeness (QED) is 0.685. The first kappa shape index (κ1) is 13.2. The summed E-state index contributed by atoms with van der Waals surface area (Å²) in [5.41, 5.74) is 9.88. The summed E-state index contributed by atoms with van der Waals surface area (Å²) in [6.07, 6.45) is 3.72. The molecule has 6 nitrogen and oxygen atoms in total. The summed E-state index contributed by atoms with van der Waals surface area (Å²) in [6.45, 7) is 1.99. The number of nitrogens with two attached hydrogens (primary N) is 1. The minimum Gasteiger partial charge on any atom is -0.326 e. The van der Waals surface area contributed by atoms with Crippen molar-refractivity contribution in [3.05, 3.63) is 42.4 Å². The molecule has 2 aromatic heterocycles. The fourth-order valence-electron chi connectivity index (χ4n) is 2.20. The number of hydrogen-bond donors (Lipinski definition) is 2. The van der Waals surface area contributed by atoms with Crippen LogP contribution in [-0.2, 0) is 14.1 Å². The van der Waals surface area contributed by atoms with E-state index in [1.807, 2.05) is 60.6 Å². The smallest absolute Gasteiger partial charge is 0.326 e. The van der Waals surface area contributed by atoms with Gasteiger partial charge in [-0.25, -0.2) is 9.55 Å². The Morgan fingerprint density at radius 3 is 2.76 bits per heavy atom. The van der Waals surface area contributed by atoms with Gasteiger partial charge in [0, 0.05) is 17.8 Å². The molecule has 0 atom stereocenters. The Kier molecular flexibility index (Phi) is 3.13. The number of aryl methyl sites for hydroxylation is 2. The summed E-state index contributed by atoms with van der Waals surface area (Å²) in [6, 6.07) is 7.97. The molecule has 0 fully saturated rings. The van der Waals surface area contributed by atoms with Crippen LogP contribution in [0.3, 0.4) is 0 Å². The first-order valence-electron chi connectivity index (χ1n) is 6.69. The van der Waals surface area contributed by atoms with E-state index in [4.69, 9.17) is 5.73 Å². The molecule has 0 radical (unpaired) electrons. The van der Waals surface area contributed by atoms with Gasteiger partial charge in [-0.05, 0) is 19.1 Å². The van der Waals surface area contributed by atoms with Crippen molar-refractivity contribution in [2.75, 3.05) is 11.1 Å². The van der Waals surface area contributed by atoms with Gasteiger partial charge in [0.15, 0.2) is 6.20 Å². The van der Waals surface area contributed by atoms with E-state index in [2.05, 4.69) is 15.3 Å². The molecule has 0 saturated carbocycles. The topological polar surface area (TPSA) is 71.6 Å². The lowest BCUT2D eigenvalue weighted by Crippen LogP contribution is -2.36. The highest BCUT2D eigenvalue weighted by Gasteiger charge is 2.12. The van der Waals surface area contributed by atoms with Crippen molar-refractivity contribution in [1.82, 2.24) is 9.97 Å². The van der Waals surface area contributed by atoms with Gasteiger partial charge in [-0.2, -0.15) is 4.57 Å². The summed E-state index contributed by atoms with van der Waals surface area (Å²) < 4.78 is 3.88. The number of benzene rings is 1. The lowest BCUT2D eigenvalue weighted by atomic mass is 10.2. The van der Waals surface area contributed by atoms with E-state index in [1.54, 1.807) is 6.20 Å². The zero-order valence-corrected chi connectivity index (χ0v) is 12.3. The second kappa shape index (κ2) is 4.97. The number of aromatic nitrogens is 4. The Balaban J connectivity index is 2.00. The summed E-state index contributed by atoms with van der Waals surface area (Å²) in [4.78, 5) is 8.68. The molecule has 21 heavy (non-hydrogen) atoms. The SMILES string of the molecule is Cc1cc(Nc2ccc3ncc[n+](C)c3c2)nc(N)[n+]1C. The maximum absolute atomic E-state index is 5.89. The van der Waals surface area contributed by atoms with E-state index in [0.717, 1.165) is 28.2 Å². The summed E-state index contributed by atoms with van der Waals surface area (Å²) >= 11 is 0. The molecule has 3 N–H and O–H groups in total. The molecule has 2 heterocycles. The van der Waals surface area contributed by atoms with Gasteiger partial charge in [-0.15, -0.1) is 0 Å². The highest BCUT2D eigenvalue weighted by Crippen LogP contribution is 2.18. The number of anilines is 3. The second-order valence-electron chi connectivity index (χ2n) is 5.07. The number of nitrogens with zero attached hydrogens (tertiary/aromatic N) is 4. The van der Waals surface area contributed by atoms with Gasteiger partial charge >= 0.3 is 5.95 Å². The highest BCUT2D eigenvalue weighted by molar-refractivity contribution is 5.76. The lowest BCUT2D eigenvalue weighted by molar-refractivity contribution is -0.665. The molecule has 0 aliphatic rings. The van der Waals surface area contributed by atoms with Crippen LogP contribution in [0.1, 0.15) is 5.69 Å². The minimum absolute atomic E-state index is 0.477. The van der Waals surface area contributed by atoms with E-state index in [9.17, 15) is 0 Å². The van der Waals surface area contributed by atoms with Crippen LogP contribution >= 0.6 is 0 Å². The number of nitrogen functional groups attached to an aromatic ring is 1. The molecule has 1 aromatic carbocycles. The number of rotatable bonds is 2. The van der Waals surface area contributed by atoms with Crippen LogP contribution < -0.4 is 20.2 Å². The van der Waals surface area contributed by atoms with Crippen LogP contribution in [0.25, 0.3) is 11.0 Å². The van der Waals surface area contributed by atoms with Gasteiger partial charge < -0.3 is 5.32 Å². The average molecular weight is 282 g/mol. The molecule has 0 aliphatic carbocycles. The van der Waals surface area contributed by atoms with Crippen LogP contribution in [0.5, 0.6) is 0 Å². The molecular formula is C15H18N6+2. The van der Waals surface area contributed by atoms with Crippen molar-refractivity contribution in [3.63, 3.8) is 0 Å². The number of hydrogen-bond acceptors (Lipinski definition) is 4. The van der Waals surface area contributed by atoms with Gasteiger partial charge in [-0.3, -0.25) is 5.73 Å². The van der Waals surface area contributed by atoms with E-state index in [0.29, 0.717) is 5.95 Å². The van der Waals surface area contributed by atoms with Crippen molar-refractivity contribution in [2.24, 2.45) is 14.1 Å². The maximum Gasteiger partial charge on any atom is 0.391 e. The monoisotopic (exact) mass is 282 g/mol. The zero-order chi connectivity index (χ0) is 15.0. The van der Waals surface area contributed by atoms with Gasteiger partial charge in [0.05, 0.1) is 18.9 Å². The van der Waals surface area contributed by atoms with Crippen LogP contribution in [0.2, 0.25) is 0 Å². The zero-order valence-electron chi connectivity index (χ0n) is 12.3. The summed E-state index contributed by atoms with van der Waals surface area (Å²) in [5, 5.41) is 3.29. The normalized spacial score (nSPS) is 10.8. The molecule has 3 rings (SSSR count). The first-order chi connectivity index (χ1) is 10.0. The molecule has 0 bridgehead atoms. The largest absolute Gasteiger partial charge is 0.391 e. The predicted octanol–water partition coefficient (Wildman–Crippen LogP) is 0.913. The molecule has 0 spiro atoms. The van der Waals surface area contributed by atoms with Crippen molar-refractivity contribution in [2.45, 2.75) is 6.92 Å². The van der Waals surface area contributed by atoms with E-state index < -0.39 is 0 Å². The van der Waals surface area contributed by atoms with E-state index in [-0.39, 0.29) is 0 Å². The lowest BCUT2D eigenvalue weighted by Gasteiger charge is -2.06. The maximum atomic E-state index is 5.89. The molecule has 6 heteroatoms. The van der Waals surface area contributed by atoms with Crippen molar-refractivity contribution < 1.29 is 9.13 Å². The predicted molar refractivity (Wildman–Crippen MR) is 80.8 cm³/mol. The first-order valence-corrected chi connectivity index (χ1v) is 6.69. The second-order valence-corrected chi connectivity index (χ2v) is 5.07. The molecule has 0 amide bonds. The van der Waals surface area contributed by atoms with Crippen molar-refractivity contribution in [1.29, 1.82) is 0 Å². The minimum atomic E-state index is 0.477. The molecule has 0 aliphatic heterocycles.